The summed E-state index contributed by atoms with van der Waals surface area (Å²) in [7, 11) is 9.31. The predicted molar refractivity (Wildman–Crippen MR) is 519 cm³/mol. The van der Waals surface area contributed by atoms with Crippen LogP contribution in [0, 0.1) is 0 Å². The molecule has 6 N–H and O–H groups in total. The summed E-state index contributed by atoms with van der Waals surface area (Å²) in [6.07, 6.45) is 16.7. The Bertz CT molecular complexity index is 6570. The molecule has 10 heterocycles. The molecule has 31 nitrogen and oxygen atoms in total. The Balaban J connectivity index is 0.000000137. The number of carboxylic acid groups (broad SMARTS) is 1. The maximum absolute atomic E-state index is 13.3. The first-order valence-electron chi connectivity index (χ1n) is 44.3. The molecule has 0 spiro atoms. The summed E-state index contributed by atoms with van der Waals surface area (Å²) in [5.74, 6) is 4.73. The number of aromatic carboxylic acids is 1. The zero-order chi connectivity index (χ0) is 93.2. The lowest BCUT2D eigenvalue weighted by Gasteiger charge is -2.34. The third kappa shape index (κ3) is 23.9. The number of aromatic nitrogens is 16. The lowest BCUT2D eigenvalue weighted by Crippen LogP contribution is -2.50. The molecule has 2 aliphatic heterocycles. The second-order valence-corrected chi connectivity index (χ2v) is 32.1. The number of carboxylic acids is 1. The molecule has 134 heavy (non-hydrogen) atoms. The molecule has 18 rings (SSSR count). The van der Waals surface area contributed by atoms with Crippen molar-refractivity contribution >= 4 is 61.1 Å². The topological polar surface area (TPSA) is 353 Å². The Kier molecular flexibility index (Phi) is 30.7. The van der Waals surface area contributed by atoms with Crippen molar-refractivity contribution in [3.63, 3.8) is 0 Å². The van der Waals surface area contributed by atoms with E-state index in [9.17, 15) is 29.1 Å². The van der Waals surface area contributed by atoms with E-state index in [0.717, 1.165) is 77.0 Å². The summed E-state index contributed by atoms with van der Waals surface area (Å²) in [6.45, 7) is 12.7. The van der Waals surface area contributed by atoms with Gasteiger partial charge in [-0.2, -0.15) is 19.9 Å². The highest BCUT2D eigenvalue weighted by molar-refractivity contribution is 6.56. The number of carbonyl (C=O) groups excluding carboxylic acids is 4. The van der Waals surface area contributed by atoms with Crippen LogP contribution in [0.5, 0.6) is 0 Å². The number of hydrogen-bond acceptors (Lipinski definition) is 22. The molecule has 2 fully saturated rings. The maximum Gasteiger partial charge on any atom is 0.356 e. The third-order valence-electron chi connectivity index (χ3n) is 22.3. The first-order valence-corrected chi connectivity index (χ1v) is 44.3. The fraction of sp³-hybridized carbons (Fsp3) is 0.206. The van der Waals surface area contributed by atoms with E-state index in [0.29, 0.717) is 120 Å². The minimum absolute atomic E-state index is 0.00374. The molecule has 32 heteroatoms. The van der Waals surface area contributed by atoms with Gasteiger partial charge in [-0.3, -0.25) is 37.4 Å². The van der Waals surface area contributed by atoms with Gasteiger partial charge in [0, 0.05) is 124 Å². The standard InChI is InChI=1S/C27H26BN7O2.C27H28N6O.C26H29N7O.C22H19N5O2/c1-19(20-8-4-2-5-9-20)30-27-29-13-12-23(32-27)35-18-22(31-24(35)21-10-6-3-7-11-21)25(36)33-14-16-34(17-15-33)26(28)37;1-20(21-11-5-2-6-12-21)29-27-28-16-15-24(31-27)33-19-23(26(34)32-17-9-4-10-18-32)30-25(33)22-13-7-3-8-14-22;1-19(20-10-6-4-7-11-20)29-26-28-15-14-23(31-26)33-18-22(25(34)27-16-17-32(2)3)30-24(33)21-12-8-5-9-13-21;1-15(16-8-4-2-5-9-16)24-22-23-13-12-19(26-22)27-14-18(21(28)29)25-20(27)17-10-6-3-7-11-17/h2-13,18-19H,14-17H2,1H3,(H,29,30,32);2-3,5-8,11-16,19-20H,4,9-10,17-18H2,1H3,(H,28,29,31);4-15,18-19H,16-17H2,1-3H3,(H,27,34)(H,28,29,31);2-15H,1H3,(H,28,29)(H,23,24,26)/t19-;20-;19-;15-/m0000/s1. The van der Waals surface area contributed by atoms with Gasteiger partial charge in [-0.25, -0.2) is 44.7 Å². The molecular weight excluding hydrogens is 1680 g/mol. The minimum atomic E-state index is -1.09. The molecule has 2 aliphatic rings. The van der Waals surface area contributed by atoms with Gasteiger partial charge in [0.15, 0.2) is 11.5 Å². The number of likely N-dealkylation sites (tertiary alicyclic amines) is 1. The number of nitrogens with one attached hydrogen (secondary N) is 5. The zero-order valence-corrected chi connectivity index (χ0v) is 75.1. The number of anilines is 4. The van der Waals surface area contributed by atoms with Crippen LogP contribution in [0.15, 0.2) is 316 Å². The van der Waals surface area contributed by atoms with Gasteiger partial charge in [0.25, 0.3) is 17.7 Å². The van der Waals surface area contributed by atoms with Crippen molar-refractivity contribution in [2.45, 2.75) is 71.1 Å². The van der Waals surface area contributed by atoms with Crippen molar-refractivity contribution in [1.29, 1.82) is 0 Å². The highest BCUT2D eigenvalue weighted by atomic mass is 16.4. The van der Waals surface area contributed by atoms with E-state index in [1.54, 1.807) is 71.0 Å². The molecule has 16 aromatic rings. The molecular formula is C102H102BN25O6. The van der Waals surface area contributed by atoms with E-state index < -0.39 is 11.8 Å². The smallest absolute Gasteiger partial charge is 0.356 e. The Morgan fingerprint density at radius 2 is 0.597 bits per heavy atom. The van der Waals surface area contributed by atoms with E-state index in [1.165, 1.54) is 17.5 Å². The highest BCUT2D eigenvalue weighted by Gasteiger charge is 2.29. The van der Waals surface area contributed by atoms with Crippen LogP contribution < -0.4 is 26.6 Å². The number of rotatable bonds is 27. The van der Waals surface area contributed by atoms with Crippen molar-refractivity contribution in [1.82, 2.24) is 103 Å². The Morgan fingerprint density at radius 3 is 0.888 bits per heavy atom. The van der Waals surface area contributed by atoms with E-state index in [1.807, 2.05) is 276 Å². The maximum atomic E-state index is 13.3. The number of hydrogen-bond donors (Lipinski definition) is 6. The van der Waals surface area contributed by atoms with Gasteiger partial charge in [0.2, 0.25) is 31.6 Å². The summed E-state index contributed by atoms with van der Waals surface area (Å²) in [6, 6.07) is 86.3. The number of benzene rings is 8. The molecule has 4 amide bonds. The van der Waals surface area contributed by atoms with Crippen molar-refractivity contribution in [3.05, 3.63) is 362 Å². The van der Waals surface area contributed by atoms with E-state index >= 15 is 0 Å². The van der Waals surface area contributed by atoms with Gasteiger partial charge in [0.05, 0.1) is 24.2 Å². The van der Waals surface area contributed by atoms with E-state index in [4.69, 9.17) is 32.8 Å². The van der Waals surface area contributed by atoms with Gasteiger partial charge in [0.1, 0.15) is 63.7 Å². The van der Waals surface area contributed by atoms with Crippen LogP contribution in [-0.4, -0.2) is 207 Å². The first kappa shape index (κ1) is 92.2. The van der Waals surface area contributed by atoms with Crippen LogP contribution in [0.3, 0.4) is 0 Å². The van der Waals surface area contributed by atoms with Gasteiger partial charge in [-0.05, 0) is 108 Å². The number of carbonyl (C=O) groups is 5. The third-order valence-corrected chi connectivity index (χ3v) is 22.3. The summed E-state index contributed by atoms with van der Waals surface area (Å²) < 4.78 is 7.18. The number of piperazine rings is 1. The number of piperidine rings is 1. The lowest BCUT2D eigenvalue weighted by atomic mass is 10.1. The summed E-state index contributed by atoms with van der Waals surface area (Å²) in [5, 5.41) is 25.7. The van der Waals surface area contributed by atoms with Crippen LogP contribution in [0.2, 0.25) is 0 Å². The quantitative estimate of drug-likeness (QED) is 0.0260. The molecule has 0 saturated carbocycles. The first-order chi connectivity index (χ1) is 65.3. The van der Waals surface area contributed by atoms with Crippen LogP contribution in [-0.2, 0) is 0 Å². The molecule has 4 atom stereocenters. The zero-order valence-electron chi connectivity index (χ0n) is 75.1. The predicted octanol–water partition coefficient (Wildman–Crippen LogP) is 16.7. The molecule has 674 valence electrons. The van der Waals surface area contributed by atoms with Crippen LogP contribution >= 0.6 is 0 Å². The largest absolute Gasteiger partial charge is 0.476 e. The second kappa shape index (κ2) is 44.7. The van der Waals surface area contributed by atoms with Crippen LogP contribution in [0.4, 0.5) is 28.6 Å². The molecule has 0 bridgehead atoms. The molecule has 0 unspecified atom stereocenters. The van der Waals surface area contributed by atoms with Crippen LogP contribution in [0.1, 0.15) is 135 Å². The molecule has 0 aliphatic carbocycles. The summed E-state index contributed by atoms with van der Waals surface area (Å²) in [5.41, 5.74) is 9.01. The molecule has 8 aromatic heterocycles. The normalized spacial score (nSPS) is 13.2. The van der Waals surface area contributed by atoms with E-state index in [-0.39, 0.29) is 47.6 Å². The van der Waals surface area contributed by atoms with Crippen molar-refractivity contribution in [3.8, 4) is 68.8 Å². The number of likely N-dealkylation sites (N-methyl/N-ethyl adjacent to an activating group) is 1. The molecule has 2 radical (unpaired) electrons. The fourth-order valence-electron chi connectivity index (χ4n) is 15.1. The Hall–Kier alpha value is -16.5. The lowest BCUT2D eigenvalue weighted by molar-refractivity contribution is 0.0668. The van der Waals surface area contributed by atoms with Gasteiger partial charge in [-0.15, -0.1) is 0 Å². The van der Waals surface area contributed by atoms with E-state index in [2.05, 4.69) is 99.6 Å². The number of amides is 4. The fourth-order valence-corrected chi connectivity index (χ4v) is 15.1. The van der Waals surface area contributed by atoms with Crippen molar-refractivity contribution in [2.24, 2.45) is 0 Å². The highest BCUT2D eigenvalue weighted by Crippen LogP contribution is 2.31. The second-order valence-electron chi connectivity index (χ2n) is 32.1. The van der Waals surface area contributed by atoms with Gasteiger partial charge < -0.3 is 51.3 Å². The molecule has 2 saturated heterocycles. The van der Waals surface area contributed by atoms with Gasteiger partial charge in [-0.1, -0.05) is 243 Å². The van der Waals surface area contributed by atoms with Crippen LogP contribution in [0.25, 0.3) is 68.8 Å². The average molecular weight is 1780 g/mol. The number of imidazole rings is 4. The Labute approximate surface area is 778 Å². The average Bonchev–Trinajstić information content (AvgIpc) is 1.67. The SMILES string of the molecule is C[C@H](Nc1nccc(-n2cc(C(=O)N3CCCCC3)nc2-c2ccccc2)n1)c1ccccc1.C[C@H](Nc1nccc(-n2cc(C(=O)NCCN(C)C)nc2-c2ccccc2)n1)c1ccccc1.C[C@H](Nc1nccc(-n2cc(C(=O)O)nc2-c2ccccc2)n1)c1ccccc1.[B]C(=O)N1CCN(C(=O)c2cn(-c3ccnc(N[C@@H](C)c4ccccc4)n3)c(-c3ccccc3)n2)CC1. The van der Waals surface area contributed by atoms with Gasteiger partial charge >= 0.3 is 5.97 Å². The van der Waals surface area contributed by atoms with Crippen molar-refractivity contribution < 1.29 is 29.1 Å². The monoisotopic (exact) mass is 1780 g/mol. The summed E-state index contributed by atoms with van der Waals surface area (Å²) in [4.78, 5) is 124. The molecule has 8 aromatic carbocycles. The Morgan fingerprint density at radius 1 is 0.336 bits per heavy atom. The number of nitrogens with zero attached hydrogens (tertiary/aromatic N) is 20. The summed E-state index contributed by atoms with van der Waals surface area (Å²) >= 11 is 0. The minimum Gasteiger partial charge on any atom is -0.476 e. The van der Waals surface area contributed by atoms with Crippen molar-refractivity contribution in [2.75, 3.05) is 87.7 Å².